The maximum atomic E-state index is 13.2. The minimum atomic E-state index is -0.942. The van der Waals surface area contributed by atoms with E-state index >= 15 is 0 Å². The average Bonchev–Trinajstić information content (AvgIpc) is 2.84. The monoisotopic (exact) mass is 428 g/mol. The highest BCUT2D eigenvalue weighted by Gasteiger charge is 2.56. The Morgan fingerprint density at radius 1 is 1.23 bits per heavy atom. The molecular weight excluding hydrogens is 400 g/mol. The second-order valence-electron chi connectivity index (χ2n) is 9.77. The Morgan fingerprint density at radius 3 is 2.68 bits per heavy atom. The van der Waals surface area contributed by atoms with Crippen LogP contribution in [0.5, 0.6) is 5.75 Å². The Kier molecular flexibility index (Phi) is 4.94. The van der Waals surface area contributed by atoms with Crippen molar-refractivity contribution < 1.29 is 23.9 Å². The van der Waals surface area contributed by atoms with Crippen molar-refractivity contribution in [2.45, 2.75) is 58.6 Å². The second kappa shape index (κ2) is 7.25. The number of benzene rings is 1. The fraction of sp³-hybridized carbons (Fsp3) is 0.545. The van der Waals surface area contributed by atoms with E-state index in [4.69, 9.17) is 4.74 Å². The van der Waals surface area contributed by atoms with Crippen molar-refractivity contribution in [3.8, 4) is 5.75 Å². The summed E-state index contributed by atoms with van der Waals surface area (Å²) in [4.78, 5) is 51.1. The summed E-state index contributed by atoms with van der Waals surface area (Å²) < 4.78 is 5.50. The lowest BCUT2D eigenvalue weighted by Gasteiger charge is -2.43. The van der Waals surface area contributed by atoms with Crippen molar-refractivity contribution in [1.82, 2.24) is 10.2 Å². The fourth-order valence-corrected chi connectivity index (χ4v) is 5.28. The fourth-order valence-electron chi connectivity index (χ4n) is 5.28. The number of carbonyl (C=O) groups excluding carboxylic acids is 4. The molecule has 0 radical (unpaired) electrons. The lowest BCUT2D eigenvalue weighted by atomic mass is 9.64. The third-order valence-corrected chi connectivity index (χ3v) is 6.12. The van der Waals surface area contributed by atoms with Gasteiger partial charge in [-0.25, -0.2) is 4.79 Å². The van der Waals surface area contributed by atoms with Gasteiger partial charge in [0.05, 0.1) is 5.69 Å². The molecule has 0 aromatic heterocycles. The van der Waals surface area contributed by atoms with Crippen LogP contribution in [-0.2, 0) is 14.4 Å². The molecule has 3 aliphatic rings. The third-order valence-electron chi connectivity index (χ3n) is 6.12. The summed E-state index contributed by atoms with van der Waals surface area (Å²) in [5.41, 5.74) is -0.140. The molecule has 5 amide bonds. The van der Waals surface area contributed by atoms with Gasteiger partial charge in [-0.2, -0.15) is 0 Å². The molecule has 0 bridgehead atoms. The molecule has 1 saturated carbocycles. The molecule has 1 spiro atoms. The average molecular weight is 428 g/mol. The van der Waals surface area contributed by atoms with Gasteiger partial charge in [-0.15, -0.1) is 0 Å². The first-order valence-corrected chi connectivity index (χ1v) is 10.5. The largest absolute Gasteiger partial charge is 0.479 e. The van der Waals surface area contributed by atoms with Gasteiger partial charge in [0.25, 0.3) is 11.8 Å². The van der Waals surface area contributed by atoms with Gasteiger partial charge in [-0.3, -0.25) is 19.3 Å². The normalized spacial score (nSPS) is 29.2. The SMILES string of the molecule is CC1CC(C)(C)CC2(C1)NC(=O)N(CC(=O)Nc1ccc3c(c1)NC(=O)C(C)O3)C2=O. The molecule has 3 N–H and O–H groups in total. The van der Waals surface area contributed by atoms with Gasteiger partial charge >= 0.3 is 6.03 Å². The molecule has 31 heavy (non-hydrogen) atoms. The van der Waals surface area contributed by atoms with E-state index in [0.717, 1.165) is 11.3 Å². The number of fused-ring (bicyclic) bond motifs is 1. The van der Waals surface area contributed by atoms with Crippen molar-refractivity contribution in [1.29, 1.82) is 0 Å². The van der Waals surface area contributed by atoms with Crippen LogP contribution in [0.2, 0.25) is 0 Å². The third kappa shape index (κ3) is 3.96. The number of anilines is 2. The Balaban J connectivity index is 1.45. The zero-order valence-electron chi connectivity index (χ0n) is 18.2. The number of nitrogens with zero attached hydrogens (tertiary/aromatic N) is 1. The molecule has 9 heteroatoms. The molecule has 2 fully saturated rings. The Hall–Kier alpha value is -3.10. The van der Waals surface area contributed by atoms with E-state index in [1.54, 1.807) is 25.1 Å². The second-order valence-corrected chi connectivity index (χ2v) is 9.77. The quantitative estimate of drug-likeness (QED) is 0.640. The summed E-state index contributed by atoms with van der Waals surface area (Å²) >= 11 is 0. The summed E-state index contributed by atoms with van der Waals surface area (Å²) in [7, 11) is 0. The summed E-state index contributed by atoms with van der Waals surface area (Å²) in [5, 5.41) is 8.27. The maximum Gasteiger partial charge on any atom is 0.325 e. The zero-order chi connectivity index (χ0) is 22.6. The van der Waals surface area contributed by atoms with Crippen LogP contribution < -0.4 is 20.7 Å². The van der Waals surface area contributed by atoms with Gasteiger partial charge in [0.1, 0.15) is 17.8 Å². The standard InChI is InChI=1S/C22H28N4O5/c1-12-8-21(3,4)11-22(9-12)19(29)26(20(30)25-22)10-17(27)23-14-5-6-16-15(7-14)24-18(28)13(2)31-16/h5-7,12-13H,8-11H2,1-4H3,(H,23,27)(H,24,28)(H,25,30). The molecular formula is C22H28N4O5. The summed E-state index contributed by atoms with van der Waals surface area (Å²) in [6.07, 6.45) is 1.51. The van der Waals surface area contributed by atoms with Crippen LogP contribution in [-0.4, -0.2) is 46.8 Å². The van der Waals surface area contributed by atoms with Gasteiger partial charge in [0.15, 0.2) is 6.10 Å². The molecule has 3 atom stereocenters. The lowest BCUT2D eigenvalue weighted by molar-refractivity contribution is -0.136. The van der Waals surface area contributed by atoms with E-state index in [-0.39, 0.29) is 29.7 Å². The molecule has 1 saturated heterocycles. The van der Waals surface area contributed by atoms with E-state index < -0.39 is 23.6 Å². The molecule has 166 valence electrons. The van der Waals surface area contributed by atoms with Crippen LogP contribution >= 0.6 is 0 Å². The van der Waals surface area contributed by atoms with Crippen LogP contribution in [0.1, 0.15) is 47.0 Å². The first-order chi connectivity index (χ1) is 14.5. The van der Waals surface area contributed by atoms with E-state index in [0.29, 0.717) is 30.0 Å². The smallest absolute Gasteiger partial charge is 0.325 e. The number of urea groups is 1. The molecule has 1 aromatic carbocycles. The minimum Gasteiger partial charge on any atom is -0.479 e. The predicted octanol–water partition coefficient (Wildman–Crippen LogP) is 2.48. The number of hydrogen-bond donors (Lipinski definition) is 3. The highest BCUT2D eigenvalue weighted by molar-refractivity contribution is 6.10. The molecule has 1 aliphatic carbocycles. The number of amides is 5. The van der Waals surface area contributed by atoms with Crippen molar-refractivity contribution in [2.24, 2.45) is 11.3 Å². The number of nitrogens with one attached hydrogen (secondary N) is 3. The van der Waals surface area contributed by atoms with Crippen LogP contribution in [0.4, 0.5) is 16.2 Å². The van der Waals surface area contributed by atoms with Crippen LogP contribution in [0, 0.1) is 11.3 Å². The van der Waals surface area contributed by atoms with Crippen molar-refractivity contribution >= 4 is 35.1 Å². The van der Waals surface area contributed by atoms with Gasteiger partial charge in [-0.05, 0) is 55.7 Å². The van der Waals surface area contributed by atoms with Gasteiger partial charge in [-0.1, -0.05) is 20.8 Å². The van der Waals surface area contributed by atoms with Crippen molar-refractivity contribution in [3.63, 3.8) is 0 Å². The molecule has 1 aromatic rings. The number of hydrogen-bond acceptors (Lipinski definition) is 5. The van der Waals surface area contributed by atoms with E-state index in [1.807, 2.05) is 0 Å². The summed E-state index contributed by atoms with van der Waals surface area (Å²) in [5.74, 6) is -0.315. The first-order valence-electron chi connectivity index (χ1n) is 10.5. The van der Waals surface area contributed by atoms with Gasteiger partial charge < -0.3 is 20.7 Å². The van der Waals surface area contributed by atoms with Gasteiger partial charge in [0.2, 0.25) is 5.91 Å². The minimum absolute atomic E-state index is 0.0774. The number of ether oxygens (including phenoxy) is 1. The van der Waals surface area contributed by atoms with E-state index in [1.165, 1.54) is 0 Å². The molecule has 3 unspecified atom stereocenters. The topological polar surface area (TPSA) is 117 Å². The first kappa shape index (κ1) is 21.1. The highest BCUT2D eigenvalue weighted by Crippen LogP contribution is 2.46. The van der Waals surface area contributed by atoms with E-state index in [9.17, 15) is 19.2 Å². The molecule has 2 heterocycles. The van der Waals surface area contributed by atoms with Crippen LogP contribution in [0.15, 0.2) is 18.2 Å². The Morgan fingerprint density at radius 2 is 1.97 bits per heavy atom. The summed E-state index contributed by atoms with van der Waals surface area (Å²) in [6.45, 7) is 7.54. The zero-order valence-corrected chi connectivity index (χ0v) is 18.2. The van der Waals surface area contributed by atoms with Crippen LogP contribution in [0.3, 0.4) is 0 Å². The molecule has 4 rings (SSSR count). The Bertz CT molecular complexity index is 975. The van der Waals surface area contributed by atoms with Gasteiger partial charge in [0, 0.05) is 5.69 Å². The molecule has 2 aliphatic heterocycles. The van der Waals surface area contributed by atoms with Crippen LogP contribution in [0.25, 0.3) is 0 Å². The number of rotatable bonds is 3. The number of imide groups is 1. The molecule has 9 nitrogen and oxygen atoms in total. The highest BCUT2D eigenvalue weighted by atomic mass is 16.5. The van der Waals surface area contributed by atoms with Crippen molar-refractivity contribution in [3.05, 3.63) is 18.2 Å². The van der Waals surface area contributed by atoms with E-state index in [2.05, 4.69) is 36.7 Å². The predicted molar refractivity (Wildman–Crippen MR) is 114 cm³/mol. The van der Waals surface area contributed by atoms with Crippen molar-refractivity contribution in [2.75, 3.05) is 17.2 Å². The number of carbonyl (C=O) groups is 4. The maximum absolute atomic E-state index is 13.2. The lowest BCUT2D eigenvalue weighted by Crippen LogP contribution is -2.54. The summed E-state index contributed by atoms with van der Waals surface area (Å²) in [6, 6.07) is 4.33. The Labute approximate surface area is 180 Å².